The highest BCUT2D eigenvalue weighted by Gasteiger charge is 2.27. The maximum absolute atomic E-state index is 6.94. The summed E-state index contributed by atoms with van der Waals surface area (Å²) in [4.78, 5) is 4.64. The number of hydrogen-bond donors (Lipinski definition) is 0. The maximum Gasteiger partial charge on any atom is 0.159 e. The number of nitrogens with zero attached hydrogens (tertiary/aromatic N) is 2. The van der Waals surface area contributed by atoms with Crippen LogP contribution >= 0.6 is 0 Å². The topological polar surface area (TPSA) is 42.0 Å². The molecule has 12 aromatic carbocycles. The molecule has 5 heteroatoms. The molecule has 0 aliphatic carbocycles. The molecule has 0 N–H and O–H groups in total. The van der Waals surface area contributed by atoms with E-state index in [-0.39, 0.29) is 0 Å². The van der Waals surface area contributed by atoms with Crippen molar-refractivity contribution in [1.82, 2.24) is 0 Å². The molecule has 1 aliphatic heterocycles. The van der Waals surface area contributed by atoms with Gasteiger partial charge in [0.1, 0.15) is 22.7 Å². The molecule has 2 aromatic heterocycles. The van der Waals surface area contributed by atoms with Crippen molar-refractivity contribution in [3.63, 3.8) is 0 Å². The monoisotopic (exact) mass is 908 g/mol. The Balaban J connectivity index is 0.856. The normalized spacial score (nSPS) is 12.1. The highest BCUT2D eigenvalue weighted by molar-refractivity contribution is 6.26. The standard InChI is InChI=1S/C66H40N2O3/c1-3-16-43(17-4-1)67(57-27-13-25-52-48-22-9-11-29-60(48)70-65(52)57)45-35-32-41(33-36-45)42-34-37-50-56-39-54-46-20-7-8-21-47(46)59(40-55(54)51-24-15-31-62(64(51)56)69-63(50)38-42)68(44-18-5-2-6-19-44)58-28-14-26-53-49-23-10-12-30-61(49)71-66(53)58/h1-40H. The Morgan fingerprint density at radius 1 is 0.268 bits per heavy atom. The number of fused-ring (bicyclic) bond motifs is 12. The summed E-state index contributed by atoms with van der Waals surface area (Å²) in [5.41, 5.74) is 14.0. The van der Waals surface area contributed by atoms with Gasteiger partial charge in [0.15, 0.2) is 11.2 Å². The molecule has 1 aliphatic rings. The van der Waals surface area contributed by atoms with E-state index >= 15 is 0 Å². The van der Waals surface area contributed by atoms with Gasteiger partial charge in [0.2, 0.25) is 0 Å². The SMILES string of the molecule is c1ccc(N(c2ccc(-c3ccc4c(c3)Oc3cccc5c3c-4cc3c4ccccc4c(N(c4ccccc4)c4cccc6c4oc4ccccc46)cc53)cc2)c2cccc3c2oc2ccccc23)cc1. The van der Waals surface area contributed by atoms with Crippen LogP contribution in [0.2, 0.25) is 0 Å². The molecule has 0 atom stereocenters. The number of ether oxygens (including phenoxy) is 1. The van der Waals surface area contributed by atoms with Gasteiger partial charge in [-0.3, -0.25) is 0 Å². The Labute approximate surface area is 408 Å². The third kappa shape index (κ3) is 6.06. The third-order valence-corrected chi connectivity index (χ3v) is 14.4. The number of benzene rings is 12. The molecule has 0 radical (unpaired) electrons. The fourth-order valence-corrected chi connectivity index (χ4v) is 11.2. The first kappa shape index (κ1) is 39.4. The van der Waals surface area contributed by atoms with E-state index in [1.165, 1.54) is 10.8 Å². The molecule has 14 aromatic rings. The Kier molecular flexibility index (Phi) is 8.59. The van der Waals surface area contributed by atoms with Crippen LogP contribution in [-0.4, -0.2) is 0 Å². The molecule has 0 saturated heterocycles. The molecular weight excluding hydrogens is 869 g/mol. The third-order valence-electron chi connectivity index (χ3n) is 14.4. The molecule has 0 spiro atoms. The second-order valence-corrected chi connectivity index (χ2v) is 18.3. The maximum atomic E-state index is 6.94. The van der Waals surface area contributed by atoms with Gasteiger partial charge in [-0.25, -0.2) is 0 Å². The van der Waals surface area contributed by atoms with Crippen LogP contribution < -0.4 is 14.5 Å². The molecule has 0 fully saturated rings. The van der Waals surface area contributed by atoms with Gasteiger partial charge in [-0.2, -0.15) is 0 Å². The Morgan fingerprint density at radius 3 is 1.45 bits per heavy atom. The van der Waals surface area contributed by atoms with Crippen molar-refractivity contribution in [3.05, 3.63) is 243 Å². The molecule has 332 valence electrons. The summed E-state index contributed by atoms with van der Waals surface area (Å²) in [7, 11) is 0. The zero-order chi connectivity index (χ0) is 46.6. The van der Waals surface area contributed by atoms with E-state index in [1.54, 1.807) is 0 Å². The molecule has 0 amide bonds. The van der Waals surface area contributed by atoms with Crippen molar-refractivity contribution < 1.29 is 13.6 Å². The van der Waals surface area contributed by atoms with Crippen molar-refractivity contribution in [2.45, 2.75) is 0 Å². The number of hydrogen-bond acceptors (Lipinski definition) is 5. The lowest BCUT2D eigenvalue weighted by Crippen LogP contribution is -2.11. The van der Waals surface area contributed by atoms with Crippen molar-refractivity contribution in [2.75, 3.05) is 9.80 Å². The summed E-state index contributed by atoms with van der Waals surface area (Å²) >= 11 is 0. The molecule has 71 heavy (non-hydrogen) atoms. The number of anilines is 6. The lowest BCUT2D eigenvalue weighted by molar-refractivity contribution is 0.487. The lowest BCUT2D eigenvalue weighted by atomic mass is 9.87. The smallest absolute Gasteiger partial charge is 0.159 e. The summed E-state index contributed by atoms with van der Waals surface area (Å²) < 4.78 is 20.2. The predicted molar refractivity (Wildman–Crippen MR) is 294 cm³/mol. The summed E-state index contributed by atoms with van der Waals surface area (Å²) in [5, 5.41) is 11.3. The van der Waals surface area contributed by atoms with Crippen LogP contribution in [-0.2, 0) is 0 Å². The average Bonchev–Trinajstić information content (AvgIpc) is 4.02. The van der Waals surface area contributed by atoms with Gasteiger partial charge in [0.25, 0.3) is 0 Å². The summed E-state index contributed by atoms with van der Waals surface area (Å²) in [6.45, 7) is 0. The minimum Gasteiger partial charge on any atom is -0.456 e. The van der Waals surface area contributed by atoms with Crippen LogP contribution in [0.25, 0.3) is 98.4 Å². The first-order valence-corrected chi connectivity index (χ1v) is 24.1. The Hall–Kier alpha value is -9.58. The van der Waals surface area contributed by atoms with E-state index in [4.69, 9.17) is 13.6 Å². The predicted octanol–water partition coefficient (Wildman–Crippen LogP) is 19.3. The van der Waals surface area contributed by atoms with Crippen molar-refractivity contribution >= 4 is 110 Å². The van der Waals surface area contributed by atoms with Crippen LogP contribution in [0.3, 0.4) is 0 Å². The van der Waals surface area contributed by atoms with Crippen LogP contribution in [0.5, 0.6) is 11.5 Å². The molecule has 15 rings (SSSR count). The second-order valence-electron chi connectivity index (χ2n) is 18.3. The van der Waals surface area contributed by atoms with E-state index in [0.717, 1.165) is 133 Å². The van der Waals surface area contributed by atoms with Crippen molar-refractivity contribution in [3.8, 4) is 33.8 Å². The minimum atomic E-state index is 0.837. The van der Waals surface area contributed by atoms with Gasteiger partial charge in [-0.15, -0.1) is 0 Å². The zero-order valence-electron chi connectivity index (χ0n) is 38.2. The molecule has 5 nitrogen and oxygen atoms in total. The van der Waals surface area contributed by atoms with Gasteiger partial charge in [-0.1, -0.05) is 152 Å². The van der Waals surface area contributed by atoms with E-state index in [2.05, 4.69) is 228 Å². The fraction of sp³-hybridized carbons (Fsp3) is 0. The molecule has 0 bridgehead atoms. The average molecular weight is 909 g/mol. The van der Waals surface area contributed by atoms with E-state index in [1.807, 2.05) is 24.3 Å². The van der Waals surface area contributed by atoms with E-state index < -0.39 is 0 Å². The number of furan rings is 2. The summed E-state index contributed by atoms with van der Waals surface area (Å²) in [6.07, 6.45) is 0. The lowest BCUT2D eigenvalue weighted by Gasteiger charge is -2.28. The van der Waals surface area contributed by atoms with Gasteiger partial charge in [-0.05, 0) is 129 Å². The van der Waals surface area contributed by atoms with Crippen molar-refractivity contribution in [1.29, 1.82) is 0 Å². The van der Waals surface area contributed by atoms with Crippen LogP contribution in [0, 0.1) is 0 Å². The number of rotatable bonds is 7. The highest BCUT2D eigenvalue weighted by Crippen LogP contribution is 2.53. The van der Waals surface area contributed by atoms with Gasteiger partial charge in [0.05, 0.1) is 17.1 Å². The second kappa shape index (κ2) is 15.5. The first-order valence-electron chi connectivity index (χ1n) is 24.1. The largest absolute Gasteiger partial charge is 0.456 e. The Bertz CT molecular complexity index is 4440. The van der Waals surface area contributed by atoms with E-state index in [9.17, 15) is 0 Å². The fourth-order valence-electron chi connectivity index (χ4n) is 11.2. The van der Waals surface area contributed by atoms with Crippen molar-refractivity contribution in [2.24, 2.45) is 0 Å². The summed E-state index contributed by atoms with van der Waals surface area (Å²) in [5.74, 6) is 1.68. The van der Waals surface area contributed by atoms with Crippen LogP contribution in [0.15, 0.2) is 251 Å². The van der Waals surface area contributed by atoms with Gasteiger partial charge >= 0.3 is 0 Å². The van der Waals surface area contributed by atoms with Crippen LogP contribution in [0.4, 0.5) is 34.1 Å². The van der Waals surface area contributed by atoms with Gasteiger partial charge in [0, 0.05) is 54.9 Å². The molecule has 0 saturated carbocycles. The van der Waals surface area contributed by atoms with Gasteiger partial charge < -0.3 is 23.4 Å². The Morgan fingerprint density at radius 2 is 0.775 bits per heavy atom. The molecular formula is C66H40N2O3. The highest BCUT2D eigenvalue weighted by atomic mass is 16.5. The quantitative estimate of drug-likeness (QED) is 0.149. The van der Waals surface area contributed by atoms with Crippen LogP contribution in [0.1, 0.15) is 0 Å². The summed E-state index contributed by atoms with van der Waals surface area (Å²) in [6, 6.07) is 86.0. The first-order chi connectivity index (χ1) is 35.2. The minimum absolute atomic E-state index is 0.837. The molecule has 0 unspecified atom stereocenters. The zero-order valence-corrected chi connectivity index (χ0v) is 38.2. The van der Waals surface area contributed by atoms with E-state index in [0.29, 0.717) is 0 Å². The number of para-hydroxylation sites is 6. The molecule has 3 heterocycles.